The highest BCUT2D eigenvalue weighted by Gasteiger charge is 2.36. The maximum atomic E-state index is 13.3. The molecule has 1 heterocycles. The molecule has 2 nitrogen and oxygen atoms in total. The van der Waals surface area contributed by atoms with Crippen molar-refractivity contribution in [2.75, 3.05) is 13.1 Å². The molecule has 1 aliphatic heterocycles. The van der Waals surface area contributed by atoms with Crippen molar-refractivity contribution in [2.45, 2.75) is 18.4 Å². The van der Waals surface area contributed by atoms with Crippen molar-refractivity contribution < 1.29 is 22.3 Å². The molecule has 2 aromatic carbocycles. The van der Waals surface area contributed by atoms with Crippen LogP contribution in [0.15, 0.2) is 48.5 Å². The average molecular weight is 362 g/mol. The second-order valence-corrected chi connectivity index (χ2v) is 5.43. The first-order chi connectivity index (χ1) is 10.9. The van der Waals surface area contributed by atoms with Gasteiger partial charge < -0.3 is 10.1 Å². The Morgan fingerprint density at radius 2 is 1.62 bits per heavy atom. The molecule has 7 heteroatoms. The third kappa shape index (κ3) is 4.06. The van der Waals surface area contributed by atoms with E-state index in [1.165, 1.54) is 36.4 Å². The van der Waals surface area contributed by atoms with Crippen LogP contribution in [0.3, 0.4) is 0 Å². The van der Waals surface area contributed by atoms with Crippen LogP contribution in [0.5, 0.6) is 0 Å². The van der Waals surface area contributed by atoms with Crippen molar-refractivity contribution in [3.63, 3.8) is 0 Å². The van der Waals surface area contributed by atoms with Crippen molar-refractivity contribution in [1.29, 1.82) is 0 Å². The van der Waals surface area contributed by atoms with Crippen LogP contribution in [-0.4, -0.2) is 19.2 Å². The summed E-state index contributed by atoms with van der Waals surface area (Å²) in [6.07, 6.45) is -5.53. The molecule has 2 aromatic rings. The number of hydrogen-bond acceptors (Lipinski definition) is 2. The molecule has 24 heavy (non-hydrogen) atoms. The molecular weight excluding hydrogens is 346 g/mol. The van der Waals surface area contributed by atoms with Crippen LogP contribution in [-0.2, 0) is 10.9 Å². The number of ether oxygens (including phenoxy) is 1. The van der Waals surface area contributed by atoms with E-state index in [1.807, 2.05) is 0 Å². The number of hydrogen-bond donors (Lipinski definition) is 1. The molecule has 0 aromatic heterocycles. The smallest absolute Gasteiger partial charge is 0.363 e. The van der Waals surface area contributed by atoms with Gasteiger partial charge in [-0.1, -0.05) is 30.3 Å². The average Bonchev–Trinajstić information content (AvgIpc) is 2.47. The van der Waals surface area contributed by atoms with Crippen LogP contribution in [0.2, 0.25) is 0 Å². The molecular formula is C17H16ClF4NO. The Labute approximate surface area is 143 Å². The Morgan fingerprint density at radius 3 is 2.17 bits per heavy atom. The van der Waals surface area contributed by atoms with Crippen LogP contribution in [0.4, 0.5) is 17.6 Å². The summed E-state index contributed by atoms with van der Waals surface area (Å²) in [5.41, 5.74) is -0.199. The zero-order valence-corrected chi connectivity index (χ0v) is 13.3. The quantitative estimate of drug-likeness (QED) is 0.818. The summed E-state index contributed by atoms with van der Waals surface area (Å²) in [5.74, 6) is -0.443. The number of halogens is 5. The van der Waals surface area contributed by atoms with Gasteiger partial charge in [0.1, 0.15) is 11.9 Å². The Hall–Kier alpha value is -1.63. The molecule has 0 saturated carbocycles. The summed E-state index contributed by atoms with van der Waals surface area (Å²) in [7, 11) is 0. The minimum absolute atomic E-state index is 0. The van der Waals surface area contributed by atoms with Gasteiger partial charge in [-0.25, -0.2) is 4.39 Å². The summed E-state index contributed by atoms with van der Waals surface area (Å²) in [5, 5.41) is 3.02. The summed E-state index contributed by atoms with van der Waals surface area (Å²) in [6.45, 7) is 1.18. The van der Waals surface area contributed by atoms with Gasteiger partial charge in [-0.3, -0.25) is 0 Å². The van der Waals surface area contributed by atoms with E-state index < -0.39 is 23.7 Å². The minimum Gasteiger partial charge on any atom is -0.363 e. The van der Waals surface area contributed by atoms with E-state index in [4.69, 9.17) is 4.74 Å². The number of rotatable bonds is 4. The largest absolute Gasteiger partial charge is 0.416 e. The monoisotopic (exact) mass is 361 g/mol. The second-order valence-electron chi connectivity index (χ2n) is 5.43. The van der Waals surface area contributed by atoms with Crippen molar-refractivity contribution in [3.8, 4) is 0 Å². The van der Waals surface area contributed by atoms with Gasteiger partial charge in [-0.05, 0) is 29.3 Å². The summed E-state index contributed by atoms with van der Waals surface area (Å²) >= 11 is 0. The predicted octanol–water partition coefficient (Wildman–Crippen LogP) is 4.34. The van der Waals surface area contributed by atoms with Crippen LogP contribution in [0, 0.1) is 5.82 Å². The number of nitrogens with one attached hydrogen (secondary N) is 1. The Kier molecular flexibility index (Phi) is 5.85. The van der Waals surface area contributed by atoms with E-state index in [-0.39, 0.29) is 24.1 Å². The van der Waals surface area contributed by atoms with Gasteiger partial charge in [-0.15, -0.1) is 12.4 Å². The molecule has 0 spiro atoms. The molecule has 1 fully saturated rings. The van der Waals surface area contributed by atoms with Gasteiger partial charge in [0.25, 0.3) is 0 Å². The summed E-state index contributed by atoms with van der Waals surface area (Å²) in [4.78, 5) is 0. The van der Waals surface area contributed by atoms with Crippen molar-refractivity contribution in [3.05, 3.63) is 71.0 Å². The minimum atomic E-state index is -4.48. The van der Waals surface area contributed by atoms with Crippen LogP contribution in [0.25, 0.3) is 0 Å². The van der Waals surface area contributed by atoms with Crippen molar-refractivity contribution >= 4 is 12.4 Å². The maximum Gasteiger partial charge on any atom is 0.416 e. The highest BCUT2D eigenvalue weighted by Crippen LogP contribution is 2.38. The lowest BCUT2D eigenvalue weighted by Crippen LogP contribution is -2.49. The van der Waals surface area contributed by atoms with Gasteiger partial charge >= 0.3 is 6.18 Å². The van der Waals surface area contributed by atoms with Crippen LogP contribution >= 0.6 is 12.4 Å². The standard InChI is InChI=1S/C17H15F4NO.ClH/c18-12-7-5-11(6-8-12)16(23-13-9-22-10-13)14-3-1-2-4-15(14)17(19,20)21;/h1-8,13,16,22H,9-10H2;1H. The van der Waals surface area contributed by atoms with E-state index in [0.29, 0.717) is 18.7 Å². The van der Waals surface area contributed by atoms with E-state index in [9.17, 15) is 17.6 Å². The van der Waals surface area contributed by atoms with Gasteiger partial charge in [0.2, 0.25) is 0 Å². The van der Waals surface area contributed by atoms with Gasteiger partial charge in [0, 0.05) is 13.1 Å². The first-order valence-electron chi connectivity index (χ1n) is 7.23. The molecule has 0 bridgehead atoms. The van der Waals surface area contributed by atoms with Crippen molar-refractivity contribution in [2.24, 2.45) is 0 Å². The fourth-order valence-corrected chi connectivity index (χ4v) is 2.50. The Morgan fingerprint density at radius 1 is 1.00 bits per heavy atom. The lowest BCUT2D eigenvalue weighted by Gasteiger charge is -2.33. The first-order valence-corrected chi connectivity index (χ1v) is 7.23. The van der Waals surface area contributed by atoms with Gasteiger partial charge in [0.15, 0.2) is 0 Å². The molecule has 130 valence electrons. The third-order valence-corrected chi connectivity index (χ3v) is 3.79. The van der Waals surface area contributed by atoms with E-state index >= 15 is 0 Å². The molecule has 1 unspecified atom stereocenters. The summed E-state index contributed by atoms with van der Waals surface area (Å²) < 4.78 is 58.9. The van der Waals surface area contributed by atoms with E-state index in [0.717, 1.165) is 6.07 Å². The molecule has 1 aliphatic rings. The van der Waals surface area contributed by atoms with Crippen LogP contribution < -0.4 is 5.32 Å². The highest BCUT2D eigenvalue weighted by atomic mass is 35.5. The maximum absolute atomic E-state index is 13.3. The van der Waals surface area contributed by atoms with Gasteiger partial charge in [0.05, 0.1) is 11.7 Å². The zero-order chi connectivity index (χ0) is 16.4. The lowest BCUT2D eigenvalue weighted by atomic mass is 9.95. The predicted molar refractivity (Wildman–Crippen MR) is 84.7 cm³/mol. The fraction of sp³-hybridized carbons (Fsp3) is 0.294. The first kappa shape index (κ1) is 18.7. The molecule has 0 radical (unpaired) electrons. The second kappa shape index (κ2) is 7.51. The molecule has 1 atom stereocenters. The topological polar surface area (TPSA) is 21.3 Å². The fourth-order valence-electron chi connectivity index (χ4n) is 2.50. The van der Waals surface area contributed by atoms with Gasteiger partial charge in [-0.2, -0.15) is 13.2 Å². The SMILES string of the molecule is Cl.Fc1ccc(C(OC2CNC2)c2ccccc2C(F)(F)F)cc1. The summed E-state index contributed by atoms with van der Waals surface area (Å²) in [6, 6.07) is 10.7. The molecule has 1 saturated heterocycles. The third-order valence-electron chi connectivity index (χ3n) is 3.79. The highest BCUT2D eigenvalue weighted by molar-refractivity contribution is 5.85. The Bertz CT molecular complexity index is 671. The lowest BCUT2D eigenvalue weighted by molar-refractivity contribution is -0.140. The normalized spacial score (nSPS) is 16.2. The Balaban J connectivity index is 0.00000208. The number of alkyl halides is 3. The van der Waals surface area contributed by atoms with E-state index in [2.05, 4.69) is 5.32 Å². The zero-order valence-electron chi connectivity index (χ0n) is 12.5. The van der Waals surface area contributed by atoms with Crippen LogP contribution in [0.1, 0.15) is 22.8 Å². The van der Waals surface area contributed by atoms with Crippen molar-refractivity contribution in [1.82, 2.24) is 5.32 Å². The molecule has 1 N–H and O–H groups in total. The number of benzene rings is 2. The molecule has 0 amide bonds. The van der Waals surface area contributed by atoms with E-state index in [1.54, 1.807) is 6.07 Å². The molecule has 3 rings (SSSR count). The molecule has 0 aliphatic carbocycles.